The van der Waals surface area contributed by atoms with E-state index in [1.54, 1.807) is 0 Å². The van der Waals surface area contributed by atoms with Crippen LogP contribution in [0.15, 0.2) is 11.1 Å². The van der Waals surface area contributed by atoms with E-state index in [4.69, 9.17) is 16.3 Å². The van der Waals surface area contributed by atoms with E-state index >= 15 is 0 Å². The topological polar surface area (TPSA) is 50.1 Å². The van der Waals surface area contributed by atoms with Gasteiger partial charge in [-0.3, -0.25) is 0 Å². The van der Waals surface area contributed by atoms with Gasteiger partial charge in [0.2, 0.25) is 0 Å². The zero-order valence-electron chi connectivity index (χ0n) is 12.3. The molecular weight excluding hydrogens is 274 g/mol. The van der Waals surface area contributed by atoms with E-state index in [2.05, 4.69) is 19.9 Å². The summed E-state index contributed by atoms with van der Waals surface area (Å²) in [6.07, 6.45) is 4.26. The van der Waals surface area contributed by atoms with E-state index in [1.165, 1.54) is 7.11 Å². The van der Waals surface area contributed by atoms with Crippen LogP contribution in [0.4, 0.5) is 0 Å². The van der Waals surface area contributed by atoms with Gasteiger partial charge in [-0.25, -0.2) is 4.79 Å². The standard InChI is InChI=1S/C16H20ClNO2/c1-10-4-5-11-12(13(19)20-3)14(2)6-7-16(10,11)15(17,8-14)9-18/h10H,4-8H2,1-3H3/t10?,14-,15?,16+/m0/s1. The number of esters is 1. The highest BCUT2D eigenvalue weighted by Gasteiger charge is 2.69. The van der Waals surface area contributed by atoms with E-state index in [1.807, 2.05) is 0 Å². The molecule has 0 amide bonds. The summed E-state index contributed by atoms with van der Waals surface area (Å²) in [7, 11) is 1.44. The minimum absolute atomic E-state index is 0.225. The quantitative estimate of drug-likeness (QED) is 0.548. The molecule has 2 bridgehead atoms. The molecule has 2 saturated carbocycles. The number of alkyl halides is 1. The Hall–Kier alpha value is -1.01. The molecule has 2 fully saturated rings. The van der Waals surface area contributed by atoms with Gasteiger partial charge in [0.05, 0.1) is 13.2 Å². The molecule has 4 rings (SSSR count). The number of fused-ring (bicyclic) bond motifs is 2. The first-order chi connectivity index (χ1) is 9.34. The van der Waals surface area contributed by atoms with Crippen LogP contribution in [-0.4, -0.2) is 18.0 Å². The number of carbonyl (C=O) groups excluding carboxylic acids is 1. The molecule has 0 N–H and O–H groups in total. The van der Waals surface area contributed by atoms with Gasteiger partial charge in [0.25, 0.3) is 0 Å². The van der Waals surface area contributed by atoms with Crippen molar-refractivity contribution in [2.45, 2.75) is 50.8 Å². The highest BCUT2D eigenvalue weighted by molar-refractivity contribution is 6.27. The molecule has 0 aliphatic heterocycles. The zero-order chi connectivity index (χ0) is 14.8. The molecule has 20 heavy (non-hydrogen) atoms. The summed E-state index contributed by atoms with van der Waals surface area (Å²) < 4.78 is 5.03. The third kappa shape index (κ3) is 1.34. The van der Waals surface area contributed by atoms with Crippen molar-refractivity contribution in [2.75, 3.05) is 7.11 Å². The Kier molecular flexibility index (Phi) is 2.80. The number of hydrogen-bond donors (Lipinski definition) is 0. The number of ether oxygens (including phenoxy) is 1. The van der Waals surface area contributed by atoms with Crippen LogP contribution in [0.5, 0.6) is 0 Å². The van der Waals surface area contributed by atoms with Crippen molar-refractivity contribution < 1.29 is 9.53 Å². The van der Waals surface area contributed by atoms with Gasteiger partial charge >= 0.3 is 5.97 Å². The molecule has 4 aliphatic carbocycles. The minimum Gasteiger partial charge on any atom is -0.466 e. The van der Waals surface area contributed by atoms with Crippen LogP contribution in [0.3, 0.4) is 0 Å². The summed E-state index contributed by atoms with van der Waals surface area (Å²) in [6.45, 7) is 4.23. The Morgan fingerprint density at radius 3 is 2.80 bits per heavy atom. The van der Waals surface area contributed by atoms with Crippen LogP contribution < -0.4 is 0 Å². The SMILES string of the molecule is COC(=O)C1=C2CCC(C)[C@]23CC[C@@]1(C)CC3(Cl)C#N. The molecule has 0 aromatic rings. The van der Waals surface area contributed by atoms with Gasteiger partial charge < -0.3 is 4.74 Å². The lowest BCUT2D eigenvalue weighted by molar-refractivity contribution is -0.139. The van der Waals surface area contributed by atoms with Crippen LogP contribution in [-0.2, 0) is 9.53 Å². The predicted octanol–water partition coefficient (Wildman–Crippen LogP) is 3.58. The fourth-order valence-corrected chi connectivity index (χ4v) is 5.84. The van der Waals surface area contributed by atoms with Gasteiger partial charge in [-0.05, 0) is 43.6 Å². The molecule has 0 saturated heterocycles. The monoisotopic (exact) mass is 293 g/mol. The summed E-state index contributed by atoms with van der Waals surface area (Å²) >= 11 is 6.80. The highest BCUT2D eigenvalue weighted by Crippen LogP contribution is 2.72. The molecule has 4 heteroatoms. The summed E-state index contributed by atoms with van der Waals surface area (Å²) in [5.74, 6) is 0.122. The van der Waals surface area contributed by atoms with Crippen molar-refractivity contribution >= 4 is 17.6 Å². The van der Waals surface area contributed by atoms with Crippen LogP contribution >= 0.6 is 11.6 Å². The highest BCUT2D eigenvalue weighted by atomic mass is 35.5. The minimum atomic E-state index is -0.872. The molecule has 4 atom stereocenters. The van der Waals surface area contributed by atoms with E-state index in [9.17, 15) is 10.1 Å². The normalized spacial score (nSPS) is 46.0. The van der Waals surface area contributed by atoms with Crippen LogP contribution in [0, 0.1) is 28.1 Å². The maximum atomic E-state index is 12.3. The van der Waals surface area contributed by atoms with E-state index in [0.717, 1.165) is 36.8 Å². The first kappa shape index (κ1) is 13.9. The molecule has 108 valence electrons. The average Bonchev–Trinajstić information content (AvgIpc) is 2.76. The van der Waals surface area contributed by atoms with Crippen molar-refractivity contribution in [1.29, 1.82) is 5.26 Å². The number of carbonyl (C=O) groups is 1. The van der Waals surface area contributed by atoms with E-state index in [0.29, 0.717) is 12.3 Å². The third-order valence-electron chi connectivity index (χ3n) is 6.09. The first-order valence-electron chi connectivity index (χ1n) is 7.27. The molecule has 0 aromatic carbocycles. The van der Waals surface area contributed by atoms with Gasteiger partial charge in [0.1, 0.15) is 4.87 Å². The van der Waals surface area contributed by atoms with Gasteiger partial charge in [-0.1, -0.05) is 13.8 Å². The van der Waals surface area contributed by atoms with E-state index < -0.39 is 4.87 Å². The fraction of sp³-hybridized carbons (Fsp3) is 0.750. The summed E-state index contributed by atoms with van der Waals surface area (Å²) in [5, 5.41) is 9.71. The lowest BCUT2D eigenvalue weighted by Crippen LogP contribution is -2.58. The predicted molar refractivity (Wildman–Crippen MR) is 76.0 cm³/mol. The molecule has 3 nitrogen and oxygen atoms in total. The van der Waals surface area contributed by atoms with Gasteiger partial charge in [0.15, 0.2) is 0 Å². The molecular formula is C16H20ClNO2. The Bertz CT molecular complexity index is 563. The maximum absolute atomic E-state index is 12.3. The molecule has 4 aliphatic rings. The Morgan fingerprint density at radius 1 is 1.50 bits per heavy atom. The Labute approximate surface area is 124 Å². The van der Waals surface area contributed by atoms with Crippen LogP contribution in [0.25, 0.3) is 0 Å². The van der Waals surface area contributed by atoms with Crippen LogP contribution in [0.1, 0.15) is 46.0 Å². The smallest absolute Gasteiger partial charge is 0.334 e. The second-order valence-electron chi connectivity index (χ2n) is 6.91. The molecule has 1 spiro atoms. The number of allylic oxidation sites excluding steroid dienone is 1. The zero-order valence-corrected chi connectivity index (χ0v) is 13.0. The number of rotatable bonds is 1. The lowest BCUT2D eigenvalue weighted by Gasteiger charge is -2.59. The molecule has 0 heterocycles. The fourth-order valence-electron chi connectivity index (χ4n) is 5.15. The van der Waals surface area contributed by atoms with Gasteiger partial charge in [-0.2, -0.15) is 5.26 Å². The summed E-state index contributed by atoms with van der Waals surface area (Å²) in [6, 6.07) is 2.39. The number of methoxy groups -OCH3 is 1. The third-order valence-corrected chi connectivity index (χ3v) is 6.65. The molecule has 0 radical (unpaired) electrons. The molecule has 0 aromatic heterocycles. The van der Waals surface area contributed by atoms with Crippen molar-refractivity contribution in [3.05, 3.63) is 11.1 Å². The van der Waals surface area contributed by atoms with Crippen molar-refractivity contribution in [3.8, 4) is 6.07 Å². The van der Waals surface area contributed by atoms with Crippen molar-refractivity contribution in [3.63, 3.8) is 0 Å². The second-order valence-corrected chi connectivity index (χ2v) is 7.55. The largest absolute Gasteiger partial charge is 0.466 e. The summed E-state index contributed by atoms with van der Waals surface area (Å²) in [4.78, 5) is 11.4. The number of nitriles is 1. The summed E-state index contributed by atoms with van der Waals surface area (Å²) in [5.41, 5.74) is 1.30. The second kappa shape index (κ2) is 4.01. The lowest BCUT2D eigenvalue weighted by atomic mass is 9.46. The maximum Gasteiger partial charge on any atom is 0.334 e. The van der Waals surface area contributed by atoms with Crippen molar-refractivity contribution in [1.82, 2.24) is 0 Å². The van der Waals surface area contributed by atoms with Gasteiger partial charge in [-0.15, -0.1) is 11.6 Å². The first-order valence-corrected chi connectivity index (χ1v) is 7.65. The van der Waals surface area contributed by atoms with Crippen LogP contribution in [0.2, 0.25) is 0 Å². The average molecular weight is 294 g/mol. The number of hydrogen-bond acceptors (Lipinski definition) is 3. The number of halogens is 1. The van der Waals surface area contributed by atoms with Crippen molar-refractivity contribution in [2.24, 2.45) is 16.7 Å². The number of nitrogens with zero attached hydrogens (tertiary/aromatic N) is 1. The molecule has 2 unspecified atom stereocenters. The Morgan fingerprint density at radius 2 is 2.20 bits per heavy atom. The van der Waals surface area contributed by atoms with E-state index in [-0.39, 0.29) is 16.8 Å². The Balaban J connectivity index is 2.30. The van der Waals surface area contributed by atoms with Gasteiger partial charge in [0, 0.05) is 16.4 Å².